The van der Waals surface area contributed by atoms with Crippen molar-refractivity contribution in [3.05, 3.63) is 0 Å². The van der Waals surface area contributed by atoms with Crippen molar-refractivity contribution in [1.29, 1.82) is 0 Å². The Hall–Kier alpha value is -0.610. The molecule has 0 saturated carbocycles. The molecular formula is C14H28N2O2. The van der Waals surface area contributed by atoms with Crippen LogP contribution in [0.5, 0.6) is 0 Å². The zero-order valence-electron chi connectivity index (χ0n) is 12.2. The lowest BCUT2D eigenvalue weighted by molar-refractivity contribution is -0.126. The van der Waals surface area contributed by atoms with Gasteiger partial charge >= 0.3 is 0 Å². The predicted octanol–water partition coefficient (Wildman–Crippen LogP) is 1.55. The van der Waals surface area contributed by atoms with Crippen molar-refractivity contribution in [2.24, 2.45) is 11.3 Å². The van der Waals surface area contributed by atoms with Crippen LogP contribution in [0.2, 0.25) is 0 Å². The standard InChI is InChI=1S/C14H28N2O2/c1-11-9-12(5-7-15-11)13(17)16-10-14(2,3)6-8-18-4/h11-12,15H,5-10H2,1-4H3,(H,16,17). The van der Waals surface area contributed by atoms with Gasteiger partial charge in [-0.3, -0.25) is 4.79 Å². The first kappa shape index (κ1) is 15.4. The smallest absolute Gasteiger partial charge is 0.223 e. The number of amides is 1. The normalized spacial score (nSPS) is 24.9. The first-order valence-corrected chi connectivity index (χ1v) is 6.94. The quantitative estimate of drug-likeness (QED) is 0.758. The highest BCUT2D eigenvalue weighted by Crippen LogP contribution is 2.20. The Morgan fingerprint density at radius 3 is 2.83 bits per heavy atom. The van der Waals surface area contributed by atoms with Crippen LogP contribution in [0.1, 0.15) is 40.0 Å². The molecule has 0 bridgehead atoms. The number of hydrogen-bond donors (Lipinski definition) is 2. The van der Waals surface area contributed by atoms with Crippen LogP contribution >= 0.6 is 0 Å². The summed E-state index contributed by atoms with van der Waals surface area (Å²) in [5.74, 6) is 0.397. The molecule has 4 nitrogen and oxygen atoms in total. The van der Waals surface area contributed by atoms with Crippen LogP contribution in [-0.4, -0.2) is 38.8 Å². The molecule has 2 unspecified atom stereocenters. The minimum atomic E-state index is 0.101. The molecule has 1 fully saturated rings. The number of methoxy groups -OCH3 is 1. The Balaban J connectivity index is 2.31. The third-order valence-electron chi connectivity index (χ3n) is 3.72. The molecule has 0 aromatic carbocycles. The molecule has 1 amide bonds. The highest BCUT2D eigenvalue weighted by Gasteiger charge is 2.26. The summed E-state index contributed by atoms with van der Waals surface area (Å²) in [5.41, 5.74) is 0.101. The SMILES string of the molecule is COCCC(C)(C)CNC(=O)C1CCNC(C)C1. The second-order valence-electron chi connectivity index (χ2n) is 6.20. The number of ether oxygens (including phenoxy) is 1. The van der Waals surface area contributed by atoms with E-state index in [1.807, 2.05) is 0 Å². The number of hydrogen-bond acceptors (Lipinski definition) is 3. The number of nitrogens with one attached hydrogen (secondary N) is 2. The van der Waals surface area contributed by atoms with Gasteiger partial charge < -0.3 is 15.4 Å². The molecule has 0 aromatic rings. The number of piperidine rings is 1. The molecule has 0 spiro atoms. The lowest BCUT2D eigenvalue weighted by atomic mass is 9.88. The van der Waals surface area contributed by atoms with Crippen LogP contribution in [0.4, 0.5) is 0 Å². The van der Waals surface area contributed by atoms with Gasteiger partial charge in [0.1, 0.15) is 0 Å². The highest BCUT2D eigenvalue weighted by atomic mass is 16.5. The molecule has 2 N–H and O–H groups in total. The summed E-state index contributed by atoms with van der Waals surface area (Å²) in [4.78, 5) is 12.1. The van der Waals surface area contributed by atoms with Crippen molar-refractivity contribution in [3.8, 4) is 0 Å². The molecule has 1 heterocycles. The largest absolute Gasteiger partial charge is 0.385 e. The van der Waals surface area contributed by atoms with Gasteiger partial charge in [-0.1, -0.05) is 13.8 Å². The van der Waals surface area contributed by atoms with Crippen LogP contribution in [0.15, 0.2) is 0 Å². The number of rotatable bonds is 6. The summed E-state index contributed by atoms with van der Waals surface area (Å²) in [7, 11) is 1.71. The second kappa shape index (κ2) is 7.10. The third-order valence-corrected chi connectivity index (χ3v) is 3.72. The minimum Gasteiger partial charge on any atom is -0.385 e. The van der Waals surface area contributed by atoms with Crippen molar-refractivity contribution in [3.63, 3.8) is 0 Å². The van der Waals surface area contributed by atoms with E-state index in [0.717, 1.165) is 39.0 Å². The molecule has 106 valence electrons. The first-order valence-electron chi connectivity index (χ1n) is 6.94. The molecular weight excluding hydrogens is 228 g/mol. The molecule has 1 saturated heterocycles. The Kier molecular flexibility index (Phi) is 6.09. The predicted molar refractivity (Wildman–Crippen MR) is 73.5 cm³/mol. The summed E-state index contributed by atoms with van der Waals surface area (Å²) in [6.07, 6.45) is 2.87. The van der Waals surface area contributed by atoms with Crippen molar-refractivity contribution < 1.29 is 9.53 Å². The first-order chi connectivity index (χ1) is 8.44. The molecule has 4 heteroatoms. The molecule has 1 aliphatic rings. The van der Waals surface area contributed by atoms with E-state index in [-0.39, 0.29) is 17.2 Å². The van der Waals surface area contributed by atoms with Crippen molar-refractivity contribution in [1.82, 2.24) is 10.6 Å². The van der Waals surface area contributed by atoms with E-state index in [2.05, 4.69) is 31.4 Å². The van der Waals surface area contributed by atoms with Gasteiger partial charge in [-0.2, -0.15) is 0 Å². The summed E-state index contributed by atoms with van der Waals surface area (Å²) < 4.78 is 5.09. The lowest BCUT2D eigenvalue weighted by Crippen LogP contribution is -2.44. The zero-order chi connectivity index (χ0) is 13.6. The minimum absolute atomic E-state index is 0.101. The molecule has 1 rings (SSSR count). The van der Waals surface area contributed by atoms with E-state index in [0.29, 0.717) is 6.04 Å². The molecule has 2 atom stereocenters. The van der Waals surface area contributed by atoms with Gasteiger partial charge in [-0.15, -0.1) is 0 Å². The van der Waals surface area contributed by atoms with Gasteiger partial charge in [0.15, 0.2) is 0 Å². The van der Waals surface area contributed by atoms with Gasteiger partial charge in [0.05, 0.1) is 0 Å². The Labute approximate surface area is 111 Å². The summed E-state index contributed by atoms with van der Waals surface area (Å²) >= 11 is 0. The topological polar surface area (TPSA) is 50.4 Å². The van der Waals surface area contributed by atoms with Crippen LogP contribution in [0.3, 0.4) is 0 Å². The molecule has 0 aromatic heterocycles. The number of carbonyl (C=O) groups is 1. The van der Waals surface area contributed by atoms with Crippen molar-refractivity contribution in [2.45, 2.75) is 46.1 Å². The van der Waals surface area contributed by atoms with Crippen molar-refractivity contribution in [2.75, 3.05) is 26.8 Å². The average Bonchev–Trinajstić information content (AvgIpc) is 2.34. The lowest BCUT2D eigenvalue weighted by Gasteiger charge is -2.29. The molecule has 0 radical (unpaired) electrons. The molecule has 1 aliphatic heterocycles. The Morgan fingerprint density at radius 2 is 2.22 bits per heavy atom. The Morgan fingerprint density at radius 1 is 1.50 bits per heavy atom. The number of carbonyl (C=O) groups excluding carboxylic acids is 1. The Bertz CT molecular complexity index is 267. The second-order valence-corrected chi connectivity index (χ2v) is 6.20. The van der Waals surface area contributed by atoms with Crippen LogP contribution in [0, 0.1) is 11.3 Å². The summed E-state index contributed by atoms with van der Waals surface area (Å²) in [6.45, 7) is 8.89. The van der Waals surface area contributed by atoms with Gasteiger partial charge in [-0.05, 0) is 38.1 Å². The maximum Gasteiger partial charge on any atom is 0.223 e. The summed E-state index contributed by atoms with van der Waals surface area (Å²) in [5, 5.41) is 6.47. The fourth-order valence-corrected chi connectivity index (χ4v) is 2.31. The maximum atomic E-state index is 12.1. The van der Waals surface area contributed by atoms with Crippen LogP contribution in [0.25, 0.3) is 0 Å². The highest BCUT2D eigenvalue weighted by molar-refractivity contribution is 5.78. The van der Waals surface area contributed by atoms with E-state index in [4.69, 9.17) is 4.74 Å². The summed E-state index contributed by atoms with van der Waals surface area (Å²) in [6, 6.07) is 0.455. The van der Waals surface area contributed by atoms with Crippen LogP contribution < -0.4 is 10.6 Å². The van der Waals surface area contributed by atoms with E-state index in [1.54, 1.807) is 7.11 Å². The fraction of sp³-hybridized carbons (Fsp3) is 0.929. The van der Waals surface area contributed by atoms with E-state index in [9.17, 15) is 4.79 Å². The molecule has 18 heavy (non-hydrogen) atoms. The van der Waals surface area contributed by atoms with E-state index >= 15 is 0 Å². The maximum absolute atomic E-state index is 12.1. The molecule has 0 aliphatic carbocycles. The zero-order valence-corrected chi connectivity index (χ0v) is 12.2. The fourth-order valence-electron chi connectivity index (χ4n) is 2.31. The van der Waals surface area contributed by atoms with Gasteiger partial charge in [0.25, 0.3) is 0 Å². The van der Waals surface area contributed by atoms with Gasteiger partial charge in [-0.25, -0.2) is 0 Å². The third kappa shape index (κ3) is 5.36. The van der Waals surface area contributed by atoms with E-state index < -0.39 is 0 Å². The van der Waals surface area contributed by atoms with Crippen molar-refractivity contribution >= 4 is 5.91 Å². The monoisotopic (exact) mass is 256 g/mol. The average molecular weight is 256 g/mol. The van der Waals surface area contributed by atoms with E-state index in [1.165, 1.54) is 0 Å². The van der Waals surface area contributed by atoms with Crippen LogP contribution in [-0.2, 0) is 9.53 Å². The van der Waals surface area contributed by atoms with Gasteiger partial charge in [0.2, 0.25) is 5.91 Å². The van der Waals surface area contributed by atoms with Gasteiger partial charge in [0, 0.05) is 32.2 Å².